The smallest absolute Gasteiger partial charge is 0.338 e. The lowest BCUT2D eigenvalue weighted by Gasteiger charge is -2.11. The first-order valence-corrected chi connectivity index (χ1v) is 17.2. The van der Waals surface area contributed by atoms with Crippen LogP contribution in [0.2, 0.25) is 0 Å². The van der Waals surface area contributed by atoms with Crippen molar-refractivity contribution in [1.29, 1.82) is 0 Å². The molecule has 0 radical (unpaired) electrons. The van der Waals surface area contributed by atoms with E-state index in [1.54, 1.807) is 0 Å². The molecule has 6 nitrogen and oxygen atoms in total. The number of benzene rings is 1. The van der Waals surface area contributed by atoms with Gasteiger partial charge in [0.05, 0.1) is 36.5 Å². The van der Waals surface area contributed by atoms with Crippen LogP contribution in [0, 0.1) is 0 Å². The fraction of sp³-hybridized carbons (Fsp3) is 0.750. The molecule has 0 aliphatic heterocycles. The molecule has 0 aliphatic rings. The number of carbonyl (C=O) groups is 3. The molecule has 1 rings (SSSR count). The predicted octanol–water partition coefficient (Wildman–Crippen LogP) is 10.4. The summed E-state index contributed by atoms with van der Waals surface area (Å²) >= 11 is 0. The first-order chi connectivity index (χ1) is 20.5. The second kappa shape index (κ2) is 26.3. The van der Waals surface area contributed by atoms with E-state index in [9.17, 15) is 14.4 Å². The third kappa shape index (κ3) is 18.9. The maximum atomic E-state index is 12.9. The summed E-state index contributed by atoms with van der Waals surface area (Å²) in [5, 5.41) is 0. The van der Waals surface area contributed by atoms with E-state index in [-0.39, 0.29) is 16.7 Å². The summed E-state index contributed by atoms with van der Waals surface area (Å²) < 4.78 is 16.5. The fourth-order valence-electron chi connectivity index (χ4n) is 4.90. The lowest BCUT2D eigenvalue weighted by Crippen LogP contribution is -2.14. The molecule has 0 aliphatic carbocycles. The van der Waals surface area contributed by atoms with Gasteiger partial charge in [0.25, 0.3) is 0 Å². The molecule has 0 fully saturated rings. The van der Waals surface area contributed by atoms with E-state index < -0.39 is 17.9 Å². The SMILES string of the molecule is CCCCCCCCCOC(=O)c1cc(C(=O)OCCCCCCCCC)cc(C(=O)OCCCCCCCCC)c1. The van der Waals surface area contributed by atoms with Crippen LogP contribution >= 0.6 is 0 Å². The first-order valence-electron chi connectivity index (χ1n) is 17.2. The maximum Gasteiger partial charge on any atom is 0.338 e. The second-order valence-corrected chi connectivity index (χ2v) is 11.6. The van der Waals surface area contributed by atoms with E-state index >= 15 is 0 Å². The molecule has 42 heavy (non-hydrogen) atoms. The molecule has 0 unspecified atom stereocenters. The van der Waals surface area contributed by atoms with Crippen LogP contribution in [0.4, 0.5) is 0 Å². The van der Waals surface area contributed by atoms with Gasteiger partial charge in [-0.2, -0.15) is 0 Å². The molecule has 0 bridgehead atoms. The molecular weight excluding hydrogens is 528 g/mol. The summed E-state index contributed by atoms with van der Waals surface area (Å²) in [6.07, 6.45) is 23.6. The Balaban J connectivity index is 2.67. The Bertz CT molecular complexity index is 727. The minimum absolute atomic E-state index is 0.172. The Labute approximate surface area is 256 Å². The van der Waals surface area contributed by atoms with Crippen LogP contribution < -0.4 is 0 Å². The van der Waals surface area contributed by atoms with Crippen molar-refractivity contribution < 1.29 is 28.6 Å². The maximum absolute atomic E-state index is 12.9. The van der Waals surface area contributed by atoms with Gasteiger partial charge >= 0.3 is 17.9 Å². The molecule has 240 valence electrons. The van der Waals surface area contributed by atoms with Gasteiger partial charge in [0.1, 0.15) is 0 Å². The minimum atomic E-state index is -0.538. The summed E-state index contributed by atoms with van der Waals surface area (Å²) in [6.45, 7) is 7.55. The van der Waals surface area contributed by atoms with Crippen molar-refractivity contribution in [1.82, 2.24) is 0 Å². The molecule has 0 atom stereocenters. The summed E-state index contributed by atoms with van der Waals surface area (Å²) in [5.74, 6) is -1.61. The van der Waals surface area contributed by atoms with Gasteiger partial charge in [-0.05, 0) is 37.5 Å². The molecule has 1 aromatic rings. The lowest BCUT2D eigenvalue weighted by atomic mass is 10.1. The van der Waals surface area contributed by atoms with E-state index in [1.807, 2.05) is 0 Å². The average molecular weight is 589 g/mol. The number of carbonyl (C=O) groups excluding carboxylic acids is 3. The summed E-state index contributed by atoms with van der Waals surface area (Å²) in [7, 11) is 0. The van der Waals surface area contributed by atoms with Crippen molar-refractivity contribution in [2.24, 2.45) is 0 Å². The Kier molecular flexibility index (Phi) is 23.6. The highest BCUT2D eigenvalue weighted by atomic mass is 16.5. The molecule has 0 amide bonds. The monoisotopic (exact) mass is 588 g/mol. The van der Waals surface area contributed by atoms with Crippen molar-refractivity contribution in [2.45, 2.75) is 156 Å². The van der Waals surface area contributed by atoms with E-state index in [1.165, 1.54) is 95.2 Å². The molecule has 0 N–H and O–H groups in total. The van der Waals surface area contributed by atoms with Crippen LogP contribution in [-0.2, 0) is 14.2 Å². The quantitative estimate of drug-likeness (QED) is 0.0578. The summed E-state index contributed by atoms with van der Waals surface area (Å²) in [4.78, 5) is 38.6. The topological polar surface area (TPSA) is 78.9 Å². The van der Waals surface area contributed by atoms with Crippen molar-refractivity contribution in [3.63, 3.8) is 0 Å². The van der Waals surface area contributed by atoms with Crippen LogP contribution in [0.5, 0.6) is 0 Å². The number of unbranched alkanes of at least 4 members (excludes halogenated alkanes) is 18. The zero-order chi connectivity index (χ0) is 30.7. The predicted molar refractivity (Wildman–Crippen MR) is 171 cm³/mol. The number of hydrogen-bond donors (Lipinski definition) is 0. The Morgan fingerprint density at radius 1 is 0.381 bits per heavy atom. The van der Waals surface area contributed by atoms with Gasteiger partial charge in [-0.15, -0.1) is 0 Å². The fourth-order valence-corrected chi connectivity index (χ4v) is 4.90. The van der Waals surface area contributed by atoms with Gasteiger partial charge in [0.2, 0.25) is 0 Å². The Hall–Kier alpha value is -2.37. The molecule has 0 spiro atoms. The van der Waals surface area contributed by atoms with Gasteiger partial charge in [-0.1, -0.05) is 136 Å². The van der Waals surface area contributed by atoms with E-state index in [0.29, 0.717) is 19.8 Å². The number of hydrogen-bond acceptors (Lipinski definition) is 6. The third-order valence-corrected chi connectivity index (χ3v) is 7.58. The van der Waals surface area contributed by atoms with Crippen molar-refractivity contribution in [3.05, 3.63) is 34.9 Å². The van der Waals surface area contributed by atoms with Crippen molar-refractivity contribution in [2.75, 3.05) is 19.8 Å². The minimum Gasteiger partial charge on any atom is -0.462 e. The van der Waals surface area contributed by atoms with Gasteiger partial charge in [-0.3, -0.25) is 0 Å². The van der Waals surface area contributed by atoms with Gasteiger partial charge in [0.15, 0.2) is 0 Å². The van der Waals surface area contributed by atoms with Crippen LogP contribution in [0.25, 0.3) is 0 Å². The Morgan fingerprint density at radius 3 is 0.833 bits per heavy atom. The zero-order valence-electron chi connectivity index (χ0n) is 27.2. The molecule has 0 aromatic heterocycles. The lowest BCUT2D eigenvalue weighted by molar-refractivity contribution is 0.0494. The molecule has 1 aromatic carbocycles. The van der Waals surface area contributed by atoms with E-state index in [2.05, 4.69) is 20.8 Å². The van der Waals surface area contributed by atoms with Crippen molar-refractivity contribution in [3.8, 4) is 0 Å². The van der Waals surface area contributed by atoms with Crippen molar-refractivity contribution >= 4 is 17.9 Å². The highest BCUT2D eigenvalue weighted by Crippen LogP contribution is 2.17. The normalized spacial score (nSPS) is 10.9. The summed E-state index contributed by atoms with van der Waals surface area (Å²) in [6, 6.07) is 4.40. The molecule has 0 heterocycles. The number of ether oxygens (including phenoxy) is 3. The number of rotatable bonds is 27. The Morgan fingerprint density at radius 2 is 0.595 bits per heavy atom. The van der Waals surface area contributed by atoms with Gasteiger partial charge in [-0.25, -0.2) is 14.4 Å². The number of esters is 3. The second-order valence-electron chi connectivity index (χ2n) is 11.6. The summed E-state index contributed by atoms with van der Waals surface area (Å²) in [5.41, 5.74) is 0.517. The largest absolute Gasteiger partial charge is 0.462 e. The van der Waals surface area contributed by atoms with Crippen LogP contribution in [0.15, 0.2) is 18.2 Å². The highest BCUT2D eigenvalue weighted by Gasteiger charge is 2.19. The molecular formula is C36H60O6. The van der Waals surface area contributed by atoms with Crippen LogP contribution in [0.1, 0.15) is 187 Å². The van der Waals surface area contributed by atoms with Crippen LogP contribution in [0.3, 0.4) is 0 Å². The molecule has 6 heteroatoms. The van der Waals surface area contributed by atoms with Crippen LogP contribution in [-0.4, -0.2) is 37.7 Å². The molecule has 0 saturated carbocycles. The standard InChI is InChI=1S/C36H60O6/c1-4-7-10-13-16-19-22-25-40-34(37)31-28-32(35(38)41-26-23-20-17-14-11-8-5-2)30-33(29-31)36(39)42-27-24-21-18-15-12-9-6-3/h28-30H,4-27H2,1-3H3. The van der Waals surface area contributed by atoms with E-state index in [4.69, 9.17) is 14.2 Å². The average Bonchev–Trinajstić information content (AvgIpc) is 3.00. The zero-order valence-corrected chi connectivity index (χ0v) is 27.2. The highest BCUT2D eigenvalue weighted by molar-refractivity contribution is 6.00. The third-order valence-electron chi connectivity index (χ3n) is 7.58. The first kappa shape index (κ1) is 37.7. The molecule has 0 saturated heterocycles. The van der Waals surface area contributed by atoms with Gasteiger partial charge in [0, 0.05) is 0 Å². The van der Waals surface area contributed by atoms with Gasteiger partial charge < -0.3 is 14.2 Å². The van der Waals surface area contributed by atoms with E-state index in [0.717, 1.165) is 57.8 Å².